The second-order valence-electron chi connectivity index (χ2n) is 5.59. The molecule has 2 amide bonds. The highest BCUT2D eigenvalue weighted by Gasteiger charge is 2.10. The summed E-state index contributed by atoms with van der Waals surface area (Å²) in [6, 6.07) is 13.5. The second kappa shape index (κ2) is 8.64. The molecule has 2 rings (SSSR count). The van der Waals surface area contributed by atoms with Crippen LogP contribution in [0.3, 0.4) is 0 Å². The van der Waals surface area contributed by atoms with Gasteiger partial charge in [-0.1, -0.05) is 53.2 Å². The van der Waals surface area contributed by atoms with E-state index in [9.17, 15) is 9.59 Å². The van der Waals surface area contributed by atoms with Crippen LogP contribution in [0.2, 0.25) is 0 Å². The minimum absolute atomic E-state index is 0.0349. The molecule has 0 spiro atoms. The standard InChI is InChI=1S/C19H21BrN2O2/c1-3-15-6-4-5-13(2)19(15)22-18(24)12-21-17(23)11-14-7-9-16(20)10-8-14/h4-10H,3,11-12H2,1-2H3,(H,21,23)(H,22,24). The Kier molecular flexibility index (Phi) is 6.55. The summed E-state index contributed by atoms with van der Waals surface area (Å²) in [5.74, 6) is -0.392. The lowest BCUT2D eigenvalue weighted by Crippen LogP contribution is -2.34. The first kappa shape index (κ1) is 18.2. The van der Waals surface area contributed by atoms with Gasteiger partial charge in [-0.15, -0.1) is 0 Å². The first-order chi connectivity index (χ1) is 11.5. The van der Waals surface area contributed by atoms with Gasteiger partial charge in [0.05, 0.1) is 13.0 Å². The van der Waals surface area contributed by atoms with Crippen molar-refractivity contribution in [2.45, 2.75) is 26.7 Å². The normalized spacial score (nSPS) is 10.3. The molecule has 0 aromatic heterocycles. The molecule has 2 N–H and O–H groups in total. The van der Waals surface area contributed by atoms with Crippen molar-refractivity contribution in [2.24, 2.45) is 0 Å². The maximum atomic E-state index is 12.1. The van der Waals surface area contributed by atoms with Gasteiger partial charge in [-0.3, -0.25) is 9.59 Å². The fourth-order valence-electron chi connectivity index (χ4n) is 2.41. The summed E-state index contributed by atoms with van der Waals surface area (Å²) in [6.07, 6.45) is 1.10. The minimum Gasteiger partial charge on any atom is -0.347 e. The average Bonchev–Trinajstić information content (AvgIpc) is 2.57. The van der Waals surface area contributed by atoms with Gasteiger partial charge in [-0.05, 0) is 42.2 Å². The van der Waals surface area contributed by atoms with Crippen LogP contribution in [0.4, 0.5) is 5.69 Å². The van der Waals surface area contributed by atoms with Crippen LogP contribution in [0, 0.1) is 6.92 Å². The van der Waals surface area contributed by atoms with Gasteiger partial charge in [0.25, 0.3) is 0 Å². The smallest absolute Gasteiger partial charge is 0.243 e. The molecule has 0 fully saturated rings. The highest BCUT2D eigenvalue weighted by atomic mass is 79.9. The highest BCUT2D eigenvalue weighted by Crippen LogP contribution is 2.20. The molecule has 0 atom stereocenters. The topological polar surface area (TPSA) is 58.2 Å². The Labute approximate surface area is 150 Å². The Hall–Kier alpha value is -2.14. The van der Waals surface area contributed by atoms with Crippen molar-refractivity contribution in [1.82, 2.24) is 5.32 Å². The first-order valence-electron chi connectivity index (χ1n) is 7.89. The van der Waals surface area contributed by atoms with Crippen LogP contribution in [-0.2, 0) is 22.4 Å². The van der Waals surface area contributed by atoms with E-state index in [2.05, 4.69) is 26.6 Å². The molecule has 0 heterocycles. The number of carbonyl (C=O) groups excluding carboxylic acids is 2. The van der Waals surface area contributed by atoms with Gasteiger partial charge in [0.15, 0.2) is 0 Å². The van der Waals surface area contributed by atoms with Gasteiger partial charge in [-0.2, -0.15) is 0 Å². The van der Waals surface area contributed by atoms with E-state index in [1.807, 2.05) is 56.3 Å². The van der Waals surface area contributed by atoms with Gasteiger partial charge in [0.1, 0.15) is 0 Å². The van der Waals surface area contributed by atoms with E-state index in [0.717, 1.165) is 33.3 Å². The second-order valence-corrected chi connectivity index (χ2v) is 6.51. The molecule has 0 bridgehead atoms. The number of halogens is 1. The zero-order valence-electron chi connectivity index (χ0n) is 13.9. The maximum absolute atomic E-state index is 12.1. The Morgan fingerprint density at radius 3 is 2.42 bits per heavy atom. The fraction of sp³-hybridized carbons (Fsp3) is 0.263. The molecule has 0 aliphatic rings. The van der Waals surface area contributed by atoms with Crippen molar-refractivity contribution in [3.63, 3.8) is 0 Å². The Bertz CT molecular complexity index is 727. The Morgan fingerprint density at radius 2 is 1.75 bits per heavy atom. The molecule has 0 saturated carbocycles. The first-order valence-corrected chi connectivity index (χ1v) is 8.68. The molecular weight excluding hydrogens is 368 g/mol. The van der Waals surface area contributed by atoms with Gasteiger partial charge in [0.2, 0.25) is 11.8 Å². The third-order valence-corrected chi connectivity index (χ3v) is 4.26. The molecular formula is C19H21BrN2O2. The number of amides is 2. The number of carbonyl (C=O) groups is 2. The quantitative estimate of drug-likeness (QED) is 0.793. The predicted molar refractivity (Wildman–Crippen MR) is 100 cm³/mol. The van der Waals surface area contributed by atoms with Crippen LogP contribution in [0.15, 0.2) is 46.9 Å². The largest absolute Gasteiger partial charge is 0.347 e. The van der Waals surface area contributed by atoms with E-state index in [-0.39, 0.29) is 24.8 Å². The van der Waals surface area contributed by atoms with E-state index in [1.165, 1.54) is 0 Å². The van der Waals surface area contributed by atoms with Crippen molar-refractivity contribution in [3.05, 3.63) is 63.6 Å². The third kappa shape index (κ3) is 5.20. The SMILES string of the molecule is CCc1cccc(C)c1NC(=O)CNC(=O)Cc1ccc(Br)cc1. The lowest BCUT2D eigenvalue weighted by molar-refractivity contribution is -0.123. The molecule has 5 heteroatoms. The van der Waals surface area contributed by atoms with Gasteiger partial charge >= 0.3 is 0 Å². The highest BCUT2D eigenvalue weighted by molar-refractivity contribution is 9.10. The van der Waals surface area contributed by atoms with E-state index in [4.69, 9.17) is 0 Å². The molecule has 0 saturated heterocycles. The van der Waals surface area contributed by atoms with E-state index in [1.54, 1.807) is 0 Å². The van der Waals surface area contributed by atoms with Gasteiger partial charge < -0.3 is 10.6 Å². The van der Waals surface area contributed by atoms with Gasteiger partial charge in [-0.25, -0.2) is 0 Å². The van der Waals surface area contributed by atoms with Crippen molar-refractivity contribution >= 4 is 33.4 Å². The maximum Gasteiger partial charge on any atom is 0.243 e. The number of benzene rings is 2. The summed E-state index contributed by atoms with van der Waals surface area (Å²) in [7, 11) is 0. The number of rotatable bonds is 6. The van der Waals surface area contributed by atoms with Crippen molar-refractivity contribution in [3.8, 4) is 0 Å². The van der Waals surface area contributed by atoms with Crippen LogP contribution in [-0.4, -0.2) is 18.4 Å². The number of para-hydroxylation sites is 1. The van der Waals surface area contributed by atoms with Crippen LogP contribution in [0.5, 0.6) is 0 Å². The Balaban J connectivity index is 1.87. The molecule has 4 nitrogen and oxygen atoms in total. The van der Waals surface area contributed by atoms with Crippen molar-refractivity contribution in [1.29, 1.82) is 0 Å². The predicted octanol–water partition coefficient (Wildman–Crippen LogP) is 3.62. The van der Waals surface area contributed by atoms with Crippen molar-refractivity contribution in [2.75, 3.05) is 11.9 Å². The summed E-state index contributed by atoms with van der Waals surface area (Å²) in [4.78, 5) is 24.0. The molecule has 2 aromatic rings. The number of hydrogen-bond acceptors (Lipinski definition) is 2. The van der Waals surface area contributed by atoms with Crippen LogP contribution in [0.25, 0.3) is 0 Å². The summed E-state index contributed by atoms with van der Waals surface area (Å²) in [6.45, 7) is 3.97. The molecule has 0 unspecified atom stereocenters. The monoisotopic (exact) mass is 388 g/mol. The average molecular weight is 389 g/mol. The number of nitrogens with one attached hydrogen (secondary N) is 2. The lowest BCUT2D eigenvalue weighted by Gasteiger charge is -2.13. The van der Waals surface area contributed by atoms with Crippen molar-refractivity contribution < 1.29 is 9.59 Å². The number of anilines is 1. The van der Waals surface area contributed by atoms with Crippen LogP contribution < -0.4 is 10.6 Å². The fourth-order valence-corrected chi connectivity index (χ4v) is 2.68. The summed E-state index contributed by atoms with van der Waals surface area (Å²) in [5, 5.41) is 5.56. The molecule has 0 aliphatic carbocycles. The third-order valence-electron chi connectivity index (χ3n) is 3.73. The molecule has 0 aliphatic heterocycles. The van der Waals surface area contributed by atoms with Crippen LogP contribution >= 0.6 is 15.9 Å². The molecule has 0 radical (unpaired) electrons. The van der Waals surface area contributed by atoms with E-state index < -0.39 is 0 Å². The summed E-state index contributed by atoms with van der Waals surface area (Å²) in [5.41, 5.74) is 3.85. The molecule has 126 valence electrons. The minimum atomic E-state index is -0.219. The number of aryl methyl sites for hydroxylation is 2. The zero-order chi connectivity index (χ0) is 17.5. The number of hydrogen-bond donors (Lipinski definition) is 2. The van der Waals surface area contributed by atoms with Crippen LogP contribution in [0.1, 0.15) is 23.6 Å². The lowest BCUT2D eigenvalue weighted by atomic mass is 10.1. The van der Waals surface area contributed by atoms with E-state index in [0.29, 0.717) is 0 Å². The molecule has 24 heavy (non-hydrogen) atoms. The molecule has 2 aromatic carbocycles. The zero-order valence-corrected chi connectivity index (χ0v) is 15.4. The summed E-state index contributed by atoms with van der Waals surface area (Å²) < 4.78 is 0.969. The summed E-state index contributed by atoms with van der Waals surface area (Å²) >= 11 is 3.36. The van der Waals surface area contributed by atoms with E-state index >= 15 is 0 Å². The Morgan fingerprint density at radius 1 is 1.04 bits per heavy atom. The van der Waals surface area contributed by atoms with Gasteiger partial charge in [0, 0.05) is 10.2 Å².